The van der Waals surface area contributed by atoms with Crippen LogP contribution in [0.5, 0.6) is 0 Å². The fraction of sp³-hybridized carbons (Fsp3) is 0.150. The Bertz CT molecular complexity index is 972. The van der Waals surface area contributed by atoms with Crippen LogP contribution in [0.4, 0.5) is 5.69 Å². The van der Waals surface area contributed by atoms with Crippen LogP contribution in [0.15, 0.2) is 60.9 Å². The van der Waals surface area contributed by atoms with E-state index in [9.17, 15) is 14.4 Å². The van der Waals surface area contributed by atoms with Gasteiger partial charge in [-0.1, -0.05) is 18.2 Å². The van der Waals surface area contributed by atoms with Gasteiger partial charge in [0.1, 0.15) is 0 Å². The molecule has 1 saturated heterocycles. The largest absolute Gasteiger partial charge is 0.323 e. The molecule has 0 spiro atoms. The molecule has 130 valence electrons. The molecular formula is C20H17N3O3. The van der Waals surface area contributed by atoms with Crippen LogP contribution in [0, 0.1) is 5.92 Å². The number of anilines is 1. The highest BCUT2D eigenvalue weighted by atomic mass is 16.2. The Morgan fingerprint density at radius 2 is 1.96 bits per heavy atom. The quantitative estimate of drug-likeness (QED) is 0.711. The molecule has 1 aromatic carbocycles. The molecule has 6 nitrogen and oxygen atoms in total. The molecular weight excluding hydrogens is 330 g/mol. The molecule has 1 atom stereocenters. The Labute approximate surface area is 149 Å². The lowest BCUT2D eigenvalue weighted by atomic mass is 9.98. The first-order valence-corrected chi connectivity index (χ1v) is 8.39. The van der Waals surface area contributed by atoms with Crippen LogP contribution in [0.2, 0.25) is 0 Å². The molecule has 1 fully saturated rings. The highest BCUT2D eigenvalue weighted by Crippen LogP contribution is 2.19. The van der Waals surface area contributed by atoms with Gasteiger partial charge in [0.2, 0.25) is 11.8 Å². The fourth-order valence-electron chi connectivity index (χ4n) is 3.16. The summed E-state index contributed by atoms with van der Waals surface area (Å²) in [6.45, 7) is 0. The van der Waals surface area contributed by atoms with E-state index in [1.807, 2.05) is 47.0 Å². The second-order valence-corrected chi connectivity index (χ2v) is 6.43. The van der Waals surface area contributed by atoms with Gasteiger partial charge >= 0.3 is 0 Å². The van der Waals surface area contributed by atoms with Crippen LogP contribution < -0.4 is 10.6 Å². The number of pyridine rings is 1. The SMILES string of the molecule is O=C1CC(Cc2ccc(NC(=O)c3cc4ccccn4c3)cc2)C(=O)N1. The molecule has 0 saturated carbocycles. The van der Waals surface area contributed by atoms with Crippen molar-refractivity contribution in [1.29, 1.82) is 0 Å². The van der Waals surface area contributed by atoms with Crippen molar-refractivity contribution >= 4 is 28.9 Å². The monoisotopic (exact) mass is 347 g/mol. The third-order valence-electron chi connectivity index (χ3n) is 4.53. The van der Waals surface area contributed by atoms with Gasteiger partial charge in [-0.3, -0.25) is 19.7 Å². The van der Waals surface area contributed by atoms with Gasteiger partial charge in [-0.15, -0.1) is 0 Å². The van der Waals surface area contributed by atoms with Crippen molar-refractivity contribution in [2.75, 3.05) is 5.32 Å². The number of fused-ring (bicyclic) bond motifs is 1. The summed E-state index contributed by atoms with van der Waals surface area (Å²) >= 11 is 0. The predicted molar refractivity (Wildman–Crippen MR) is 96.8 cm³/mol. The molecule has 0 bridgehead atoms. The van der Waals surface area contributed by atoms with Crippen molar-refractivity contribution < 1.29 is 14.4 Å². The zero-order valence-electron chi connectivity index (χ0n) is 13.9. The van der Waals surface area contributed by atoms with Gasteiger partial charge in [0.05, 0.1) is 11.5 Å². The predicted octanol–water partition coefficient (Wildman–Crippen LogP) is 2.40. The van der Waals surface area contributed by atoms with E-state index < -0.39 is 0 Å². The maximum absolute atomic E-state index is 12.4. The number of aromatic nitrogens is 1. The number of nitrogens with zero attached hydrogens (tertiary/aromatic N) is 1. The van der Waals surface area contributed by atoms with Gasteiger partial charge in [-0.2, -0.15) is 0 Å². The number of nitrogens with one attached hydrogen (secondary N) is 2. The Balaban J connectivity index is 1.43. The minimum atomic E-state index is -0.309. The second-order valence-electron chi connectivity index (χ2n) is 6.43. The fourth-order valence-corrected chi connectivity index (χ4v) is 3.16. The lowest BCUT2D eigenvalue weighted by molar-refractivity contribution is -0.125. The van der Waals surface area contributed by atoms with Gasteiger partial charge in [-0.25, -0.2) is 0 Å². The summed E-state index contributed by atoms with van der Waals surface area (Å²) in [7, 11) is 0. The van der Waals surface area contributed by atoms with E-state index in [4.69, 9.17) is 0 Å². The van der Waals surface area contributed by atoms with Crippen molar-refractivity contribution in [2.24, 2.45) is 5.92 Å². The van der Waals surface area contributed by atoms with Crippen molar-refractivity contribution in [2.45, 2.75) is 12.8 Å². The average Bonchev–Trinajstić information content (AvgIpc) is 3.19. The third-order valence-corrected chi connectivity index (χ3v) is 4.53. The molecule has 3 aromatic rings. The maximum Gasteiger partial charge on any atom is 0.257 e. The molecule has 4 rings (SSSR count). The minimum absolute atomic E-state index is 0.179. The molecule has 2 N–H and O–H groups in total. The summed E-state index contributed by atoms with van der Waals surface area (Å²) in [4.78, 5) is 35.3. The number of hydrogen-bond acceptors (Lipinski definition) is 3. The number of hydrogen-bond donors (Lipinski definition) is 2. The van der Waals surface area contributed by atoms with Crippen molar-refractivity contribution in [3.63, 3.8) is 0 Å². The van der Waals surface area contributed by atoms with E-state index in [2.05, 4.69) is 10.6 Å². The molecule has 0 aliphatic carbocycles. The van der Waals surface area contributed by atoms with Crippen molar-refractivity contribution in [3.8, 4) is 0 Å². The van der Waals surface area contributed by atoms with Gasteiger partial charge in [-0.05, 0) is 42.3 Å². The molecule has 3 heterocycles. The molecule has 0 radical (unpaired) electrons. The first-order chi connectivity index (χ1) is 12.6. The number of amides is 3. The Morgan fingerprint density at radius 1 is 1.15 bits per heavy atom. The zero-order chi connectivity index (χ0) is 18.1. The molecule has 6 heteroatoms. The number of imide groups is 1. The normalized spacial score (nSPS) is 16.7. The van der Waals surface area contributed by atoms with Crippen LogP contribution >= 0.6 is 0 Å². The van der Waals surface area contributed by atoms with Crippen LogP contribution in [0.25, 0.3) is 5.52 Å². The highest BCUT2D eigenvalue weighted by molar-refractivity contribution is 6.05. The first kappa shape index (κ1) is 16.1. The Hall–Kier alpha value is -3.41. The van der Waals surface area contributed by atoms with E-state index >= 15 is 0 Å². The number of rotatable bonds is 4. The highest BCUT2D eigenvalue weighted by Gasteiger charge is 2.30. The summed E-state index contributed by atoms with van der Waals surface area (Å²) in [5.74, 6) is -0.920. The van der Waals surface area contributed by atoms with Gasteiger partial charge in [0, 0.05) is 30.0 Å². The van der Waals surface area contributed by atoms with Gasteiger partial charge < -0.3 is 9.72 Å². The molecule has 1 aliphatic heterocycles. The Kier molecular flexibility index (Phi) is 4.01. The number of benzene rings is 1. The van der Waals surface area contributed by atoms with E-state index in [1.165, 1.54) is 0 Å². The first-order valence-electron chi connectivity index (χ1n) is 8.39. The van der Waals surface area contributed by atoms with Crippen LogP contribution in [-0.4, -0.2) is 22.1 Å². The second kappa shape index (κ2) is 6.48. The van der Waals surface area contributed by atoms with Gasteiger partial charge in [0.25, 0.3) is 5.91 Å². The summed E-state index contributed by atoms with van der Waals surface area (Å²) in [5, 5.41) is 5.19. The van der Waals surface area contributed by atoms with Crippen LogP contribution in [0.3, 0.4) is 0 Å². The standard InChI is InChI=1S/C20H17N3O3/c24-18-11-14(19(25)22-18)9-13-4-6-16(7-5-13)21-20(26)15-10-17-3-1-2-8-23(17)12-15/h1-8,10,12,14H,9,11H2,(H,21,26)(H,22,24,25). The maximum atomic E-state index is 12.4. The van der Waals surface area contributed by atoms with Crippen molar-refractivity contribution in [1.82, 2.24) is 9.72 Å². The summed E-state index contributed by atoms with van der Waals surface area (Å²) < 4.78 is 1.89. The van der Waals surface area contributed by atoms with Crippen LogP contribution in [-0.2, 0) is 16.0 Å². The molecule has 2 aromatic heterocycles. The number of carbonyl (C=O) groups excluding carboxylic acids is 3. The number of carbonyl (C=O) groups is 3. The smallest absolute Gasteiger partial charge is 0.257 e. The van der Waals surface area contributed by atoms with E-state index in [0.29, 0.717) is 17.7 Å². The molecule has 1 unspecified atom stereocenters. The van der Waals surface area contributed by atoms with E-state index in [0.717, 1.165) is 11.1 Å². The van der Waals surface area contributed by atoms with Gasteiger partial charge in [0.15, 0.2) is 0 Å². The summed E-state index contributed by atoms with van der Waals surface area (Å²) in [6.07, 6.45) is 4.43. The van der Waals surface area contributed by atoms with Crippen LogP contribution in [0.1, 0.15) is 22.3 Å². The summed E-state index contributed by atoms with van der Waals surface area (Å²) in [5.41, 5.74) is 3.17. The molecule has 1 aliphatic rings. The van der Waals surface area contributed by atoms with E-state index in [1.54, 1.807) is 18.3 Å². The molecule has 3 amide bonds. The Morgan fingerprint density at radius 3 is 2.65 bits per heavy atom. The minimum Gasteiger partial charge on any atom is -0.323 e. The summed E-state index contributed by atoms with van der Waals surface area (Å²) in [6, 6.07) is 14.9. The zero-order valence-corrected chi connectivity index (χ0v) is 13.9. The topological polar surface area (TPSA) is 79.7 Å². The third kappa shape index (κ3) is 3.21. The van der Waals surface area contributed by atoms with E-state index in [-0.39, 0.29) is 30.1 Å². The lowest BCUT2D eigenvalue weighted by Crippen LogP contribution is -2.22. The van der Waals surface area contributed by atoms with Crippen molar-refractivity contribution in [3.05, 3.63) is 72.1 Å². The average molecular weight is 347 g/mol. The molecule has 26 heavy (non-hydrogen) atoms. The lowest BCUT2D eigenvalue weighted by Gasteiger charge is -2.08.